The standard InChI is InChI=1S/C21H19FN8/c1-28(2)19-7-6-18-25-26-21(30(18)27-19)20(22)13-4-5-17-14(8-13)9-15(10-23-17)16-11-24-29(3)12-16/h4-12,20H,1-3H3. The molecule has 30 heavy (non-hydrogen) atoms. The average Bonchev–Trinajstić information content (AvgIpc) is 3.38. The molecule has 0 bridgehead atoms. The number of benzene rings is 1. The van der Waals surface area contributed by atoms with Crippen LogP contribution >= 0.6 is 0 Å². The summed E-state index contributed by atoms with van der Waals surface area (Å²) in [5, 5.41) is 17.6. The van der Waals surface area contributed by atoms with Gasteiger partial charge in [0.1, 0.15) is 5.82 Å². The van der Waals surface area contributed by atoms with Gasteiger partial charge in [0.05, 0.1) is 11.7 Å². The number of aromatic nitrogens is 7. The van der Waals surface area contributed by atoms with Crippen molar-refractivity contribution < 1.29 is 4.39 Å². The Labute approximate surface area is 171 Å². The molecule has 0 spiro atoms. The summed E-state index contributed by atoms with van der Waals surface area (Å²) in [6.45, 7) is 0. The lowest BCUT2D eigenvalue weighted by molar-refractivity contribution is 0.377. The number of anilines is 1. The second-order valence-corrected chi connectivity index (χ2v) is 7.36. The molecule has 5 aromatic rings. The number of hydrogen-bond acceptors (Lipinski definition) is 6. The quantitative estimate of drug-likeness (QED) is 0.459. The van der Waals surface area contributed by atoms with Crippen molar-refractivity contribution in [3.63, 3.8) is 0 Å². The molecule has 0 amide bonds. The molecule has 0 fully saturated rings. The van der Waals surface area contributed by atoms with Gasteiger partial charge in [0, 0.05) is 50.0 Å². The van der Waals surface area contributed by atoms with Crippen LogP contribution in [0.4, 0.5) is 10.2 Å². The van der Waals surface area contributed by atoms with Crippen LogP contribution in [0.1, 0.15) is 17.6 Å². The van der Waals surface area contributed by atoms with E-state index in [1.54, 1.807) is 35.3 Å². The van der Waals surface area contributed by atoms with Crippen LogP contribution in [0.5, 0.6) is 0 Å². The second-order valence-electron chi connectivity index (χ2n) is 7.36. The van der Waals surface area contributed by atoms with E-state index < -0.39 is 6.17 Å². The lowest BCUT2D eigenvalue weighted by Crippen LogP contribution is -2.13. The van der Waals surface area contributed by atoms with Gasteiger partial charge in [-0.1, -0.05) is 6.07 Å². The zero-order chi connectivity index (χ0) is 20.8. The SMILES string of the molecule is CN(C)c1ccc2nnc(C(F)c3ccc4ncc(-c5cnn(C)c5)cc4c3)n2n1. The molecule has 150 valence electrons. The van der Waals surface area contributed by atoms with Crippen molar-refractivity contribution >= 4 is 22.4 Å². The van der Waals surface area contributed by atoms with E-state index in [0.717, 1.165) is 22.0 Å². The Morgan fingerprint density at radius 1 is 1.00 bits per heavy atom. The van der Waals surface area contributed by atoms with Crippen molar-refractivity contribution in [1.82, 2.24) is 34.6 Å². The minimum atomic E-state index is -1.48. The number of nitrogens with zero attached hydrogens (tertiary/aromatic N) is 8. The Hall–Kier alpha value is -3.88. The van der Waals surface area contributed by atoms with E-state index in [0.29, 0.717) is 17.0 Å². The Balaban J connectivity index is 1.57. The Morgan fingerprint density at radius 2 is 1.87 bits per heavy atom. The topological polar surface area (TPSA) is 77.0 Å². The van der Waals surface area contributed by atoms with Crippen LogP contribution in [0.3, 0.4) is 0 Å². The molecule has 0 aliphatic rings. The van der Waals surface area contributed by atoms with Crippen LogP contribution in [-0.2, 0) is 7.05 Å². The third-order valence-corrected chi connectivity index (χ3v) is 4.99. The van der Waals surface area contributed by atoms with E-state index in [9.17, 15) is 0 Å². The largest absolute Gasteiger partial charge is 0.361 e. The van der Waals surface area contributed by atoms with Gasteiger partial charge in [-0.2, -0.15) is 9.61 Å². The number of alkyl halides is 1. The minimum absolute atomic E-state index is 0.143. The van der Waals surface area contributed by atoms with E-state index in [-0.39, 0.29) is 5.82 Å². The number of aryl methyl sites for hydroxylation is 1. The van der Waals surface area contributed by atoms with Gasteiger partial charge >= 0.3 is 0 Å². The zero-order valence-corrected chi connectivity index (χ0v) is 16.7. The molecule has 4 heterocycles. The predicted octanol–water partition coefficient (Wildman–Crippen LogP) is 3.20. The molecule has 0 aliphatic carbocycles. The smallest absolute Gasteiger partial charge is 0.193 e. The van der Waals surface area contributed by atoms with Gasteiger partial charge < -0.3 is 4.90 Å². The summed E-state index contributed by atoms with van der Waals surface area (Å²) < 4.78 is 18.7. The van der Waals surface area contributed by atoms with Crippen LogP contribution in [0.25, 0.3) is 27.7 Å². The predicted molar refractivity (Wildman–Crippen MR) is 112 cm³/mol. The summed E-state index contributed by atoms with van der Waals surface area (Å²) in [6, 6.07) is 10.9. The number of fused-ring (bicyclic) bond motifs is 2. The normalized spacial score (nSPS) is 12.5. The molecule has 9 heteroatoms. The van der Waals surface area contributed by atoms with E-state index in [1.807, 2.05) is 50.4 Å². The van der Waals surface area contributed by atoms with Crippen molar-refractivity contribution in [2.24, 2.45) is 7.05 Å². The maximum Gasteiger partial charge on any atom is 0.193 e. The van der Waals surface area contributed by atoms with Gasteiger partial charge in [0.15, 0.2) is 17.6 Å². The molecule has 0 radical (unpaired) electrons. The first-order chi connectivity index (χ1) is 14.5. The molecular formula is C21H19FN8. The van der Waals surface area contributed by atoms with Crippen molar-refractivity contribution in [2.45, 2.75) is 6.17 Å². The molecule has 5 rings (SSSR count). The fourth-order valence-electron chi connectivity index (χ4n) is 3.38. The summed E-state index contributed by atoms with van der Waals surface area (Å²) in [7, 11) is 5.62. The van der Waals surface area contributed by atoms with Crippen molar-refractivity contribution in [1.29, 1.82) is 0 Å². The average molecular weight is 402 g/mol. The fraction of sp³-hybridized carbons (Fsp3) is 0.190. The van der Waals surface area contributed by atoms with Gasteiger partial charge in [-0.25, -0.2) is 4.39 Å². The second kappa shape index (κ2) is 6.87. The van der Waals surface area contributed by atoms with Gasteiger partial charge in [-0.05, 0) is 35.9 Å². The molecule has 4 aromatic heterocycles. The van der Waals surface area contributed by atoms with E-state index in [1.165, 1.54) is 4.52 Å². The highest BCUT2D eigenvalue weighted by Gasteiger charge is 2.21. The lowest BCUT2D eigenvalue weighted by atomic mass is 10.0. The minimum Gasteiger partial charge on any atom is -0.361 e. The molecule has 1 unspecified atom stereocenters. The molecule has 0 aliphatic heterocycles. The molecule has 1 aromatic carbocycles. The fourth-order valence-corrected chi connectivity index (χ4v) is 3.38. The summed E-state index contributed by atoms with van der Waals surface area (Å²) in [5.74, 6) is 0.837. The summed E-state index contributed by atoms with van der Waals surface area (Å²) in [6.07, 6.45) is 4.02. The Morgan fingerprint density at radius 3 is 2.63 bits per heavy atom. The first-order valence-electron chi connectivity index (χ1n) is 9.42. The zero-order valence-electron chi connectivity index (χ0n) is 16.7. The Kier molecular flexibility index (Phi) is 4.16. The van der Waals surface area contributed by atoms with Crippen molar-refractivity contribution in [3.8, 4) is 11.1 Å². The highest BCUT2D eigenvalue weighted by molar-refractivity contribution is 5.84. The Bertz CT molecular complexity index is 1370. The molecule has 0 saturated heterocycles. The van der Waals surface area contributed by atoms with Crippen molar-refractivity contribution in [2.75, 3.05) is 19.0 Å². The number of hydrogen-bond donors (Lipinski definition) is 0. The summed E-state index contributed by atoms with van der Waals surface area (Å²) >= 11 is 0. The summed E-state index contributed by atoms with van der Waals surface area (Å²) in [5.41, 5.74) is 3.64. The van der Waals surface area contributed by atoms with Crippen molar-refractivity contribution in [3.05, 3.63) is 66.4 Å². The first-order valence-corrected chi connectivity index (χ1v) is 9.42. The summed E-state index contributed by atoms with van der Waals surface area (Å²) in [4.78, 5) is 6.35. The van der Waals surface area contributed by atoms with Crippen LogP contribution in [0, 0.1) is 0 Å². The van der Waals surface area contributed by atoms with Gasteiger partial charge in [-0.15, -0.1) is 15.3 Å². The van der Waals surface area contributed by atoms with Crippen LogP contribution in [0.2, 0.25) is 0 Å². The van der Waals surface area contributed by atoms with E-state index in [2.05, 4.69) is 25.4 Å². The highest BCUT2D eigenvalue weighted by Crippen LogP contribution is 2.29. The number of halogens is 1. The van der Waals surface area contributed by atoms with E-state index >= 15 is 4.39 Å². The third kappa shape index (κ3) is 3.04. The van der Waals surface area contributed by atoms with Crippen LogP contribution in [0.15, 0.2) is 55.0 Å². The van der Waals surface area contributed by atoms with Gasteiger partial charge in [-0.3, -0.25) is 9.67 Å². The molecule has 0 saturated carbocycles. The number of rotatable bonds is 4. The molecular weight excluding hydrogens is 383 g/mol. The lowest BCUT2D eigenvalue weighted by Gasteiger charge is -2.12. The first kappa shape index (κ1) is 18.2. The van der Waals surface area contributed by atoms with Gasteiger partial charge in [0.2, 0.25) is 0 Å². The highest BCUT2D eigenvalue weighted by atomic mass is 19.1. The van der Waals surface area contributed by atoms with E-state index in [4.69, 9.17) is 0 Å². The molecule has 0 N–H and O–H groups in total. The molecule has 1 atom stereocenters. The molecule has 8 nitrogen and oxygen atoms in total. The monoisotopic (exact) mass is 402 g/mol. The maximum atomic E-state index is 15.5. The van der Waals surface area contributed by atoms with Crippen LogP contribution in [-0.4, -0.2) is 48.7 Å². The van der Waals surface area contributed by atoms with Gasteiger partial charge in [0.25, 0.3) is 0 Å². The maximum absolute atomic E-state index is 15.5. The number of pyridine rings is 1. The third-order valence-electron chi connectivity index (χ3n) is 4.99. The van der Waals surface area contributed by atoms with Crippen LogP contribution < -0.4 is 4.90 Å².